The van der Waals surface area contributed by atoms with Gasteiger partial charge in [-0.05, 0) is 30.5 Å². The summed E-state index contributed by atoms with van der Waals surface area (Å²) in [6, 6.07) is 16.0. The van der Waals surface area contributed by atoms with E-state index in [0.717, 1.165) is 19.6 Å². The average Bonchev–Trinajstić information content (AvgIpc) is 2.78. The first-order valence-corrected chi connectivity index (χ1v) is 11.2. The summed E-state index contributed by atoms with van der Waals surface area (Å²) < 4.78 is 5.50. The lowest BCUT2D eigenvalue weighted by Gasteiger charge is -2.32. The summed E-state index contributed by atoms with van der Waals surface area (Å²) in [5.74, 6) is 0.756. The molecule has 3 rings (SSSR count). The highest BCUT2D eigenvalue weighted by Crippen LogP contribution is 2.17. The predicted octanol–water partition coefficient (Wildman–Crippen LogP) is 1.87. The number of ether oxygens (including phenoxy) is 1. The molecule has 0 radical (unpaired) electrons. The van der Waals surface area contributed by atoms with E-state index in [0.29, 0.717) is 36.9 Å². The smallest absolute Gasteiger partial charge is 0.255 e. The molecule has 2 aromatic rings. The topological polar surface area (TPSA) is 63.1 Å². The molecule has 0 atom stereocenters. The van der Waals surface area contributed by atoms with Crippen LogP contribution in [0.3, 0.4) is 0 Å². The molecule has 2 aromatic carbocycles. The number of carbonyl (C=O) groups is 2. The Morgan fingerprint density at radius 1 is 1.06 bits per heavy atom. The summed E-state index contributed by atoms with van der Waals surface area (Å²) in [5, 5.41) is 2.74. The van der Waals surface area contributed by atoms with Gasteiger partial charge in [0.05, 0.1) is 44.9 Å². The van der Waals surface area contributed by atoms with Crippen molar-refractivity contribution in [3.63, 3.8) is 0 Å². The zero-order chi connectivity index (χ0) is 22.2. The molecule has 1 heterocycles. The predicted molar refractivity (Wildman–Crippen MR) is 121 cm³/mol. The van der Waals surface area contributed by atoms with Crippen LogP contribution in [0.15, 0.2) is 48.5 Å². The summed E-state index contributed by atoms with van der Waals surface area (Å²) >= 11 is 0. The number of piperazine rings is 1. The van der Waals surface area contributed by atoms with Crippen molar-refractivity contribution < 1.29 is 19.2 Å². The van der Waals surface area contributed by atoms with Crippen LogP contribution in [-0.4, -0.2) is 56.0 Å². The maximum atomic E-state index is 12.6. The summed E-state index contributed by atoms with van der Waals surface area (Å²) in [4.78, 5) is 28.4. The van der Waals surface area contributed by atoms with Crippen molar-refractivity contribution in [2.45, 2.75) is 33.2 Å². The molecule has 0 spiro atoms. The molecular formula is C25H34N3O3+. The van der Waals surface area contributed by atoms with Crippen LogP contribution in [0, 0.1) is 0 Å². The Morgan fingerprint density at radius 2 is 1.74 bits per heavy atom. The van der Waals surface area contributed by atoms with Crippen molar-refractivity contribution in [2.24, 2.45) is 0 Å². The van der Waals surface area contributed by atoms with Crippen molar-refractivity contribution >= 4 is 11.8 Å². The average molecular weight is 425 g/mol. The zero-order valence-electron chi connectivity index (χ0n) is 18.8. The lowest BCUT2D eigenvalue weighted by molar-refractivity contribution is -0.917. The molecule has 166 valence electrons. The van der Waals surface area contributed by atoms with Crippen LogP contribution in [0.1, 0.15) is 48.2 Å². The van der Waals surface area contributed by atoms with Gasteiger partial charge in [0.1, 0.15) is 12.3 Å². The third-order valence-electron chi connectivity index (χ3n) is 5.76. The molecule has 1 fully saturated rings. The number of hydrogen-bond acceptors (Lipinski definition) is 3. The van der Waals surface area contributed by atoms with E-state index in [9.17, 15) is 9.59 Å². The van der Waals surface area contributed by atoms with Gasteiger partial charge in [0, 0.05) is 5.56 Å². The molecule has 2 N–H and O–H groups in total. The van der Waals surface area contributed by atoms with Gasteiger partial charge in [-0.15, -0.1) is 0 Å². The molecule has 31 heavy (non-hydrogen) atoms. The third-order valence-corrected chi connectivity index (χ3v) is 5.76. The summed E-state index contributed by atoms with van der Waals surface area (Å²) in [7, 11) is 0. The molecule has 1 aliphatic rings. The minimum Gasteiger partial charge on any atom is -0.493 e. The second kappa shape index (κ2) is 11.0. The number of hydrogen-bond donors (Lipinski definition) is 2. The molecular weight excluding hydrogens is 390 g/mol. The van der Waals surface area contributed by atoms with Crippen LogP contribution >= 0.6 is 0 Å². The Labute approximate surface area is 185 Å². The number of nitrogens with one attached hydrogen (secondary N) is 2. The van der Waals surface area contributed by atoms with E-state index >= 15 is 0 Å². The van der Waals surface area contributed by atoms with Gasteiger partial charge in [0.2, 0.25) is 5.91 Å². The van der Waals surface area contributed by atoms with Crippen molar-refractivity contribution in [1.82, 2.24) is 10.2 Å². The van der Waals surface area contributed by atoms with E-state index in [-0.39, 0.29) is 18.4 Å². The van der Waals surface area contributed by atoms with E-state index in [2.05, 4.69) is 43.4 Å². The van der Waals surface area contributed by atoms with Crippen molar-refractivity contribution in [3.05, 3.63) is 65.2 Å². The number of rotatable bonds is 8. The minimum atomic E-state index is -0.286. The fourth-order valence-electron chi connectivity index (χ4n) is 3.86. The summed E-state index contributed by atoms with van der Waals surface area (Å²) in [6.07, 6.45) is 0. The Balaban J connectivity index is 1.44. The highest BCUT2D eigenvalue weighted by atomic mass is 16.5. The van der Waals surface area contributed by atoms with Gasteiger partial charge in [-0.1, -0.05) is 50.2 Å². The first-order valence-electron chi connectivity index (χ1n) is 11.2. The number of quaternary nitrogens is 1. The van der Waals surface area contributed by atoms with Gasteiger partial charge in [-0.3, -0.25) is 9.59 Å². The maximum Gasteiger partial charge on any atom is 0.255 e. The number of benzene rings is 2. The van der Waals surface area contributed by atoms with Gasteiger partial charge in [-0.2, -0.15) is 0 Å². The Kier molecular flexibility index (Phi) is 8.06. The SMILES string of the molecule is CCOc1ccccc1C(=O)NCC(=O)N1CC[NH+](Cc2ccc(C(C)C)cc2)CC1. The molecule has 6 heteroatoms. The monoisotopic (exact) mass is 424 g/mol. The van der Waals surface area contributed by atoms with Gasteiger partial charge < -0.3 is 19.9 Å². The van der Waals surface area contributed by atoms with Crippen LogP contribution < -0.4 is 15.0 Å². The molecule has 2 amide bonds. The van der Waals surface area contributed by atoms with Gasteiger partial charge in [0.25, 0.3) is 5.91 Å². The number of carbonyl (C=O) groups excluding carboxylic acids is 2. The van der Waals surface area contributed by atoms with Crippen LogP contribution in [0.2, 0.25) is 0 Å². The number of para-hydroxylation sites is 1. The Hall–Kier alpha value is -2.86. The summed E-state index contributed by atoms with van der Waals surface area (Å²) in [5.41, 5.74) is 3.15. The van der Waals surface area contributed by atoms with E-state index in [1.807, 2.05) is 17.9 Å². The second-order valence-corrected chi connectivity index (χ2v) is 8.32. The summed E-state index contributed by atoms with van der Waals surface area (Å²) in [6.45, 7) is 11.0. The third kappa shape index (κ3) is 6.31. The van der Waals surface area contributed by atoms with E-state index in [4.69, 9.17) is 4.74 Å². The normalized spacial score (nSPS) is 14.5. The molecule has 0 aliphatic carbocycles. The van der Waals surface area contributed by atoms with Crippen molar-refractivity contribution in [2.75, 3.05) is 39.3 Å². The Bertz CT molecular complexity index is 872. The molecule has 0 bridgehead atoms. The van der Waals surface area contributed by atoms with Crippen LogP contribution in [0.5, 0.6) is 5.75 Å². The zero-order valence-corrected chi connectivity index (χ0v) is 18.8. The first kappa shape index (κ1) is 22.8. The van der Waals surface area contributed by atoms with Crippen molar-refractivity contribution in [3.8, 4) is 5.75 Å². The maximum absolute atomic E-state index is 12.6. The quantitative estimate of drug-likeness (QED) is 0.680. The molecule has 6 nitrogen and oxygen atoms in total. The fourth-order valence-corrected chi connectivity index (χ4v) is 3.86. The van der Waals surface area contributed by atoms with E-state index in [1.165, 1.54) is 16.0 Å². The second-order valence-electron chi connectivity index (χ2n) is 8.32. The van der Waals surface area contributed by atoms with Gasteiger partial charge in [0.15, 0.2) is 0 Å². The lowest BCUT2D eigenvalue weighted by atomic mass is 10.0. The van der Waals surface area contributed by atoms with Crippen molar-refractivity contribution in [1.29, 1.82) is 0 Å². The lowest BCUT2D eigenvalue weighted by Crippen LogP contribution is -3.13. The molecule has 0 saturated carbocycles. The van der Waals surface area contributed by atoms with Gasteiger partial charge in [-0.25, -0.2) is 0 Å². The van der Waals surface area contributed by atoms with E-state index in [1.54, 1.807) is 18.2 Å². The van der Waals surface area contributed by atoms with Crippen LogP contribution in [-0.2, 0) is 11.3 Å². The number of amides is 2. The fraction of sp³-hybridized carbons (Fsp3) is 0.440. The largest absolute Gasteiger partial charge is 0.493 e. The minimum absolute atomic E-state index is 0.00525. The molecule has 1 aliphatic heterocycles. The van der Waals surface area contributed by atoms with E-state index < -0.39 is 0 Å². The van der Waals surface area contributed by atoms with Crippen LogP contribution in [0.4, 0.5) is 0 Å². The van der Waals surface area contributed by atoms with Gasteiger partial charge >= 0.3 is 0 Å². The standard InChI is InChI=1S/C25H33N3O3/c1-4-31-23-8-6-5-7-22(23)25(30)26-17-24(29)28-15-13-27(14-16-28)18-20-9-11-21(12-10-20)19(2)3/h5-12,19H,4,13-18H2,1-3H3,(H,26,30)/p+1. The molecule has 1 saturated heterocycles. The first-order chi connectivity index (χ1) is 15.0. The Morgan fingerprint density at radius 3 is 2.39 bits per heavy atom. The molecule has 0 unspecified atom stereocenters. The highest BCUT2D eigenvalue weighted by molar-refractivity contribution is 5.98. The molecule has 0 aromatic heterocycles. The number of nitrogens with zero attached hydrogens (tertiary/aromatic N) is 1. The van der Waals surface area contributed by atoms with Crippen LogP contribution in [0.25, 0.3) is 0 Å². The highest BCUT2D eigenvalue weighted by Gasteiger charge is 2.24.